The van der Waals surface area contributed by atoms with Crippen LogP contribution in [0.3, 0.4) is 0 Å². The molecular weight excluding hydrogens is 136 g/mol. The second-order valence-electron chi connectivity index (χ2n) is 4.79. The van der Waals surface area contributed by atoms with Crippen molar-refractivity contribution in [2.75, 3.05) is 0 Å². The molecule has 0 aromatic heterocycles. The minimum absolute atomic E-state index is 0.0885. The molecule has 0 amide bonds. The van der Waals surface area contributed by atoms with Gasteiger partial charge in [0.05, 0.1) is 5.60 Å². The predicted octanol–water partition coefficient (Wildman–Crippen LogP) is 2.58. The summed E-state index contributed by atoms with van der Waals surface area (Å²) in [4.78, 5) is 0. The molecule has 1 unspecified atom stereocenters. The summed E-state index contributed by atoms with van der Waals surface area (Å²) in [7, 11) is 0. The Labute approximate surface area is 69.8 Å². The summed E-state index contributed by atoms with van der Waals surface area (Å²) in [5, 5.41) is 10.1. The van der Waals surface area contributed by atoms with Crippen LogP contribution < -0.4 is 0 Å². The molecule has 0 radical (unpaired) electrons. The third kappa shape index (κ3) is 1.31. The van der Waals surface area contributed by atoms with Gasteiger partial charge in [-0.15, -0.1) is 0 Å². The van der Waals surface area contributed by atoms with Crippen molar-refractivity contribution in [3.8, 4) is 0 Å². The first-order valence-corrected chi connectivity index (χ1v) is 4.60. The molecule has 66 valence electrons. The average Bonchev–Trinajstić information content (AvgIpc) is 1.84. The van der Waals surface area contributed by atoms with Crippen LogP contribution in [0.5, 0.6) is 0 Å². The van der Waals surface area contributed by atoms with Crippen LogP contribution in [0.1, 0.15) is 47.0 Å². The van der Waals surface area contributed by atoms with Gasteiger partial charge in [-0.05, 0) is 31.1 Å². The Morgan fingerprint density at radius 1 is 1.27 bits per heavy atom. The molecule has 1 aliphatic carbocycles. The molecular formula is C10H20O. The molecule has 1 aliphatic rings. The molecule has 1 nitrogen and oxygen atoms in total. The van der Waals surface area contributed by atoms with Crippen molar-refractivity contribution in [3.63, 3.8) is 0 Å². The third-order valence-corrected chi connectivity index (χ3v) is 3.92. The Morgan fingerprint density at radius 2 is 1.82 bits per heavy atom. The highest BCUT2D eigenvalue weighted by Gasteiger charge is 2.45. The molecule has 2 atom stereocenters. The van der Waals surface area contributed by atoms with Crippen molar-refractivity contribution in [2.45, 2.75) is 52.6 Å². The van der Waals surface area contributed by atoms with Crippen molar-refractivity contribution in [1.82, 2.24) is 0 Å². The van der Waals surface area contributed by atoms with Crippen LogP contribution in [0.25, 0.3) is 0 Å². The van der Waals surface area contributed by atoms with Gasteiger partial charge in [0.25, 0.3) is 0 Å². The second-order valence-corrected chi connectivity index (χ2v) is 4.79. The van der Waals surface area contributed by atoms with Gasteiger partial charge in [-0.3, -0.25) is 0 Å². The Morgan fingerprint density at radius 3 is 2.18 bits per heavy atom. The first-order valence-electron chi connectivity index (χ1n) is 4.60. The van der Waals surface area contributed by atoms with Crippen LogP contribution in [0.15, 0.2) is 0 Å². The van der Waals surface area contributed by atoms with Crippen LogP contribution in [-0.4, -0.2) is 10.7 Å². The molecule has 0 aromatic rings. The second kappa shape index (κ2) is 2.48. The van der Waals surface area contributed by atoms with Crippen molar-refractivity contribution in [2.24, 2.45) is 11.3 Å². The van der Waals surface area contributed by atoms with Crippen LogP contribution in [0.2, 0.25) is 0 Å². The number of rotatable bonds is 0. The quantitative estimate of drug-likeness (QED) is 0.571. The maximum atomic E-state index is 10.1. The zero-order valence-electron chi connectivity index (χ0n) is 8.15. The fraction of sp³-hybridized carbons (Fsp3) is 1.00. The fourth-order valence-electron chi connectivity index (χ4n) is 1.97. The van der Waals surface area contributed by atoms with Gasteiger partial charge in [-0.25, -0.2) is 0 Å². The Kier molecular flexibility index (Phi) is 2.04. The lowest BCUT2D eigenvalue weighted by molar-refractivity contribution is -0.109. The van der Waals surface area contributed by atoms with E-state index in [2.05, 4.69) is 20.8 Å². The van der Waals surface area contributed by atoms with E-state index in [0.29, 0.717) is 5.92 Å². The summed E-state index contributed by atoms with van der Waals surface area (Å²) < 4.78 is 0. The van der Waals surface area contributed by atoms with Crippen molar-refractivity contribution >= 4 is 0 Å². The highest BCUT2D eigenvalue weighted by atomic mass is 16.3. The Balaban J connectivity index is 2.82. The van der Waals surface area contributed by atoms with Crippen LogP contribution in [0.4, 0.5) is 0 Å². The molecule has 1 saturated carbocycles. The zero-order valence-corrected chi connectivity index (χ0v) is 8.15. The first-order chi connectivity index (χ1) is 4.88. The van der Waals surface area contributed by atoms with Crippen LogP contribution in [-0.2, 0) is 0 Å². The summed E-state index contributed by atoms with van der Waals surface area (Å²) in [5.74, 6) is 0.645. The maximum Gasteiger partial charge on any atom is 0.0673 e. The van der Waals surface area contributed by atoms with E-state index in [-0.39, 0.29) is 5.41 Å². The van der Waals surface area contributed by atoms with E-state index in [1.54, 1.807) is 0 Å². The van der Waals surface area contributed by atoms with Gasteiger partial charge in [0, 0.05) is 0 Å². The third-order valence-electron chi connectivity index (χ3n) is 3.92. The normalized spacial score (nSPS) is 43.9. The molecule has 0 aromatic carbocycles. The van der Waals surface area contributed by atoms with E-state index in [1.807, 2.05) is 6.92 Å². The predicted molar refractivity (Wildman–Crippen MR) is 47.4 cm³/mol. The summed E-state index contributed by atoms with van der Waals surface area (Å²) in [6.45, 7) is 8.57. The summed E-state index contributed by atoms with van der Waals surface area (Å²) in [6, 6.07) is 0. The standard InChI is InChI=1S/C10H20O/c1-8-6-5-7-10(4,11)9(8,2)3/h8,11H,5-7H2,1-4H3/t8?,10-/m1/s1. The molecule has 0 heterocycles. The molecule has 1 heteroatoms. The molecule has 0 saturated heterocycles. The van der Waals surface area contributed by atoms with Crippen LogP contribution >= 0.6 is 0 Å². The largest absolute Gasteiger partial charge is 0.390 e. The van der Waals surface area contributed by atoms with Gasteiger partial charge < -0.3 is 5.11 Å². The smallest absolute Gasteiger partial charge is 0.0673 e. The fourth-order valence-corrected chi connectivity index (χ4v) is 1.97. The lowest BCUT2D eigenvalue weighted by atomic mass is 9.61. The molecule has 0 spiro atoms. The van der Waals surface area contributed by atoms with Gasteiger partial charge in [-0.1, -0.05) is 27.2 Å². The SMILES string of the molecule is CC1CCC[C@@](C)(O)C1(C)C. The van der Waals surface area contributed by atoms with E-state index in [4.69, 9.17) is 0 Å². The molecule has 1 rings (SSSR count). The molecule has 0 bridgehead atoms. The zero-order chi connectivity index (χ0) is 8.70. The Bertz CT molecular complexity index is 147. The van der Waals surface area contributed by atoms with Gasteiger partial charge in [-0.2, -0.15) is 0 Å². The van der Waals surface area contributed by atoms with E-state index in [9.17, 15) is 5.11 Å². The van der Waals surface area contributed by atoms with Gasteiger partial charge in [0.1, 0.15) is 0 Å². The number of hydrogen-bond acceptors (Lipinski definition) is 1. The lowest BCUT2D eigenvalue weighted by Crippen LogP contribution is -2.48. The van der Waals surface area contributed by atoms with E-state index < -0.39 is 5.60 Å². The molecule has 1 fully saturated rings. The minimum Gasteiger partial charge on any atom is -0.390 e. The minimum atomic E-state index is -0.454. The monoisotopic (exact) mass is 156 g/mol. The van der Waals surface area contributed by atoms with Gasteiger partial charge in [0.2, 0.25) is 0 Å². The van der Waals surface area contributed by atoms with Crippen molar-refractivity contribution in [1.29, 1.82) is 0 Å². The summed E-state index contributed by atoms with van der Waals surface area (Å²) in [6.07, 6.45) is 3.41. The van der Waals surface area contributed by atoms with E-state index >= 15 is 0 Å². The van der Waals surface area contributed by atoms with Crippen molar-refractivity contribution < 1.29 is 5.11 Å². The highest BCUT2D eigenvalue weighted by Crippen LogP contribution is 2.46. The summed E-state index contributed by atoms with van der Waals surface area (Å²) in [5.41, 5.74) is -0.365. The van der Waals surface area contributed by atoms with E-state index in [1.165, 1.54) is 12.8 Å². The molecule has 1 N–H and O–H groups in total. The van der Waals surface area contributed by atoms with Gasteiger partial charge in [0.15, 0.2) is 0 Å². The van der Waals surface area contributed by atoms with E-state index in [0.717, 1.165) is 6.42 Å². The topological polar surface area (TPSA) is 20.2 Å². The molecule has 11 heavy (non-hydrogen) atoms. The lowest BCUT2D eigenvalue weighted by Gasteiger charge is -2.48. The first kappa shape index (κ1) is 9.05. The molecule has 0 aliphatic heterocycles. The Hall–Kier alpha value is -0.0400. The average molecular weight is 156 g/mol. The van der Waals surface area contributed by atoms with Gasteiger partial charge >= 0.3 is 0 Å². The summed E-state index contributed by atoms with van der Waals surface area (Å²) >= 11 is 0. The number of hydrogen-bond donors (Lipinski definition) is 1. The van der Waals surface area contributed by atoms with Crippen LogP contribution in [0, 0.1) is 11.3 Å². The van der Waals surface area contributed by atoms with Crippen molar-refractivity contribution in [3.05, 3.63) is 0 Å². The highest BCUT2D eigenvalue weighted by molar-refractivity contribution is 4.96. The maximum absolute atomic E-state index is 10.1. The number of aliphatic hydroxyl groups is 1.